The molecule has 0 saturated heterocycles. The average Bonchev–Trinajstić information content (AvgIpc) is 2.54. The first kappa shape index (κ1) is 17.0. The Balaban J connectivity index is 1.67. The molecule has 4 N–H and O–H groups in total. The Hall–Kier alpha value is -2.37. The molecule has 0 amide bonds. The first-order valence-electron chi connectivity index (χ1n) is 8.07. The fourth-order valence-corrected chi connectivity index (χ4v) is 2.47. The van der Waals surface area contributed by atoms with E-state index in [-0.39, 0.29) is 6.42 Å². The molecular formula is C17H24N4O2. The zero-order valence-electron chi connectivity index (χ0n) is 13.3. The third-order valence-corrected chi connectivity index (χ3v) is 3.72. The molecule has 6 heteroatoms. The van der Waals surface area contributed by atoms with Gasteiger partial charge in [-0.05, 0) is 56.0 Å². The monoisotopic (exact) mass is 316 g/mol. The van der Waals surface area contributed by atoms with E-state index in [0.29, 0.717) is 18.7 Å². The molecule has 2 heterocycles. The molecular weight excluding hydrogens is 292 g/mol. The van der Waals surface area contributed by atoms with Gasteiger partial charge in [0, 0.05) is 24.5 Å². The molecule has 0 aromatic carbocycles. The van der Waals surface area contributed by atoms with Crippen molar-refractivity contribution in [3.8, 4) is 0 Å². The van der Waals surface area contributed by atoms with Gasteiger partial charge in [0.25, 0.3) is 0 Å². The zero-order chi connectivity index (χ0) is 16.5. The number of carboxylic acid groups (broad SMARTS) is 1. The third kappa shape index (κ3) is 6.10. The summed E-state index contributed by atoms with van der Waals surface area (Å²) in [6.45, 7) is 1.37. The summed E-state index contributed by atoms with van der Waals surface area (Å²) in [7, 11) is 0. The summed E-state index contributed by atoms with van der Waals surface area (Å²) in [5.41, 5.74) is 2.89. The molecule has 0 radical (unpaired) electrons. The lowest BCUT2D eigenvalue weighted by molar-refractivity contribution is -0.136. The molecule has 6 nitrogen and oxygen atoms in total. The highest BCUT2D eigenvalue weighted by molar-refractivity contribution is 5.92. The molecule has 0 fully saturated rings. The van der Waals surface area contributed by atoms with Gasteiger partial charge in [0.15, 0.2) is 0 Å². The molecule has 0 aliphatic carbocycles. The third-order valence-electron chi connectivity index (χ3n) is 3.72. The Bertz CT molecular complexity index is 584. The summed E-state index contributed by atoms with van der Waals surface area (Å²) < 4.78 is 0. The van der Waals surface area contributed by atoms with Crippen LogP contribution in [0.3, 0.4) is 0 Å². The number of rotatable bonds is 9. The van der Waals surface area contributed by atoms with Crippen molar-refractivity contribution in [3.05, 3.63) is 35.7 Å². The number of carboxylic acids is 1. The van der Waals surface area contributed by atoms with E-state index in [4.69, 9.17) is 10.5 Å². The Labute approximate surface area is 136 Å². The van der Waals surface area contributed by atoms with E-state index in [1.54, 1.807) is 12.3 Å². The Kier molecular flexibility index (Phi) is 6.59. The summed E-state index contributed by atoms with van der Waals surface area (Å²) in [6.07, 6.45) is 8.09. The van der Waals surface area contributed by atoms with Crippen molar-refractivity contribution in [2.45, 2.75) is 38.5 Å². The van der Waals surface area contributed by atoms with Gasteiger partial charge in [0.2, 0.25) is 0 Å². The number of allylic oxidation sites excluding steroid dienone is 1. The van der Waals surface area contributed by atoms with Crippen LogP contribution in [0.15, 0.2) is 24.4 Å². The number of anilines is 1. The fraction of sp³-hybridized carbons (Fsp3) is 0.471. The second kappa shape index (κ2) is 8.92. The predicted molar refractivity (Wildman–Crippen MR) is 91.1 cm³/mol. The highest BCUT2D eigenvalue weighted by Gasteiger charge is 2.10. The lowest BCUT2D eigenvalue weighted by atomic mass is 10.1. The van der Waals surface area contributed by atoms with Gasteiger partial charge in [-0.3, -0.25) is 4.79 Å². The summed E-state index contributed by atoms with van der Waals surface area (Å²) in [5, 5.41) is 22.6. The Morgan fingerprint density at radius 1 is 1.43 bits per heavy atom. The van der Waals surface area contributed by atoms with Crippen molar-refractivity contribution in [2.75, 3.05) is 18.4 Å². The number of aromatic nitrogens is 1. The number of nitrogens with zero attached hydrogens (tertiary/aromatic N) is 1. The number of hydrogen-bond donors (Lipinski definition) is 4. The van der Waals surface area contributed by atoms with Crippen molar-refractivity contribution in [1.29, 1.82) is 5.41 Å². The molecule has 23 heavy (non-hydrogen) atoms. The minimum atomic E-state index is -0.826. The highest BCUT2D eigenvalue weighted by atomic mass is 16.4. The zero-order valence-corrected chi connectivity index (χ0v) is 13.3. The molecule has 0 atom stereocenters. The number of hydrogen-bond acceptors (Lipinski definition) is 5. The van der Waals surface area contributed by atoms with Crippen LogP contribution < -0.4 is 10.6 Å². The minimum absolute atomic E-state index is 0.0791. The van der Waals surface area contributed by atoms with Gasteiger partial charge in [-0.2, -0.15) is 0 Å². The first-order valence-corrected chi connectivity index (χ1v) is 8.07. The van der Waals surface area contributed by atoms with E-state index in [2.05, 4.69) is 27.8 Å². The standard InChI is InChI=1S/C17H24N4O2/c18-14(8-11-19-12-9-16(22)23)4-1-5-15-7-6-13-3-2-10-20-17(13)21-15/h6-8,11,18-19H,1-5,9-10,12H2,(H,20,21)(H,22,23)/b11-8-,18-14?. The van der Waals surface area contributed by atoms with Crippen molar-refractivity contribution in [2.24, 2.45) is 0 Å². The summed E-state index contributed by atoms with van der Waals surface area (Å²) in [6, 6.07) is 4.24. The molecule has 0 bridgehead atoms. The SMILES string of the molecule is N=C(/C=C\NCCC(=O)O)CCCc1ccc2c(n1)NCCC2. The molecule has 1 aromatic heterocycles. The van der Waals surface area contributed by atoms with Crippen LogP contribution in [0.4, 0.5) is 5.82 Å². The number of aryl methyl sites for hydroxylation is 2. The van der Waals surface area contributed by atoms with Gasteiger partial charge in [0.05, 0.1) is 6.42 Å². The molecule has 0 spiro atoms. The summed E-state index contributed by atoms with van der Waals surface area (Å²) >= 11 is 0. The van der Waals surface area contributed by atoms with Gasteiger partial charge in [-0.15, -0.1) is 0 Å². The van der Waals surface area contributed by atoms with Crippen LogP contribution in [-0.4, -0.2) is 34.9 Å². The van der Waals surface area contributed by atoms with E-state index < -0.39 is 5.97 Å². The maximum atomic E-state index is 10.3. The number of carbonyl (C=O) groups is 1. The summed E-state index contributed by atoms with van der Waals surface area (Å²) in [5.74, 6) is 0.194. The second-order valence-electron chi connectivity index (χ2n) is 5.65. The largest absolute Gasteiger partial charge is 0.481 e. The van der Waals surface area contributed by atoms with Crippen molar-refractivity contribution >= 4 is 17.5 Å². The number of aliphatic carboxylic acids is 1. The quantitative estimate of drug-likeness (QED) is 0.414. The molecule has 1 aliphatic heterocycles. The number of nitrogens with one attached hydrogen (secondary N) is 3. The van der Waals surface area contributed by atoms with Crippen molar-refractivity contribution < 1.29 is 9.90 Å². The molecule has 0 saturated carbocycles. The van der Waals surface area contributed by atoms with Gasteiger partial charge in [-0.25, -0.2) is 4.98 Å². The van der Waals surface area contributed by atoms with Gasteiger partial charge in [-0.1, -0.05) is 6.07 Å². The maximum absolute atomic E-state index is 10.3. The maximum Gasteiger partial charge on any atom is 0.305 e. The van der Waals surface area contributed by atoms with Crippen LogP contribution in [0.2, 0.25) is 0 Å². The topological polar surface area (TPSA) is 98.1 Å². The highest BCUT2D eigenvalue weighted by Crippen LogP contribution is 2.20. The van der Waals surface area contributed by atoms with Gasteiger partial charge in [0.1, 0.15) is 5.82 Å². The van der Waals surface area contributed by atoms with E-state index in [1.807, 2.05) is 0 Å². The van der Waals surface area contributed by atoms with Gasteiger partial charge < -0.3 is 21.1 Å². The Morgan fingerprint density at radius 3 is 3.13 bits per heavy atom. The molecule has 1 aliphatic rings. The minimum Gasteiger partial charge on any atom is -0.481 e. The van der Waals surface area contributed by atoms with Crippen LogP contribution >= 0.6 is 0 Å². The number of fused-ring (bicyclic) bond motifs is 1. The molecule has 0 unspecified atom stereocenters. The van der Waals surface area contributed by atoms with E-state index in [0.717, 1.165) is 43.7 Å². The fourth-order valence-electron chi connectivity index (χ4n) is 2.47. The van der Waals surface area contributed by atoms with E-state index in [9.17, 15) is 4.79 Å². The first-order chi connectivity index (χ1) is 11.1. The van der Waals surface area contributed by atoms with Crippen LogP contribution in [0.5, 0.6) is 0 Å². The predicted octanol–water partition coefficient (Wildman–Crippen LogP) is 2.36. The van der Waals surface area contributed by atoms with Crippen molar-refractivity contribution in [1.82, 2.24) is 10.3 Å². The lowest BCUT2D eigenvalue weighted by Gasteiger charge is -2.17. The molecule has 2 rings (SSSR count). The normalized spacial score (nSPS) is 13.4. The average molecular weight is 316 g/mol. The van der Waals surface area contributed by atoms with Crippen LogP contribution in [0.25, 0.3) is 0 Å². The van der Waals surface area contributed by atoms with Crippen LogP contribution in [0, 0.1) is 5.41 Å². The summed E-state index contributed by atoms with van der Waals surface area (Å²) in [4.78, 5) is 15.0. The Morgan fingerprint density at radius 2 is 2.30 bits per heavy atom. The van der Waals surface area contributed by atoms with Crippen LogP contribution in [-0.2, 0) is 17.6 Å². The van der Waals surface area contributed by atoms with Crippen molar-refractivity contribution in [3.63, 3.8) is 0 Å². The molecule has 1 aromatic rings. The second-order valence-corrected chi connectivity index (χ2v) is 5.65. The van der Waals surface area contributed by atoms with Gasteiger partial charge >= 0.3 is 5.97 Å². The lowest BCUT2D eigenvalue weighted by Crippen LogP contribution is -2.14. The van der Waals surface area contributed by atoms with Crippen LogP contribution in [0.1, 0.15) is 36.9 Å². The van der Waals surface area contributed by atoms with E-state index >= 15 is 0 Å². The smallest absolute Gasteiger partial charge is 0.305 e. The van der Waals surface area contributed by atoms with E-state index in [1.165, 1.54) is 5.56 Å². The molecule has 124 valence electrons. The number of pyridine rings is 1.